The molecule has 0 radical (unpaired) electrons. The van der Waals surface area contributed by atoms with Gasteiger partial charge in [0, 0.05) is 13.1 Å². The Hall–Kier alpha value is -0.910. The fraction of sp³-hybridized carbons (Fsp3) is 0.700. The number of nitrogens with one attached hydrogen (secondary N) is 2. The van der Waals surface area contributed by atoms with Crippen molar-refractivity contribution in [1.82, 2.24) is 10.6 Å². The van der Waals surface area contributed by atoms with Crippen molar-refractivity contribution in [2.45, 2.75) is 13.0 Å². The van der Waals surface area contributed by atoms with Gasteiger partial charge in [-0.05, 0) is 6.92 Å². The van der Waals surface area contributed by atoms with Crippen LogP contribution in [0.3, 0.4) is 0 Å². The van der Waals surface area contributed by atoms with Gasteiger partial charge in [-0.15, -0.1) is 6.58 Å². The second kappa shape index (κ2) is 9.64. The van der Waals surface area contributed by atoms with E-state index in [0.717, 1.165) is 0 Å². The zero-order valence-corrected chi connectivity index (χ0v) is 9.16. The Kier molecular flexibility index (Phi) is 9.05. The minimum absolute atomic E-state index is 0.0232. The Balaban J connectivity index is 3.42. The normalized spacial score (nSPS) is 12.1. The van der Waals surface area contributed by atoms with Crippen LogP contribution in [0.2, 0.25) is 0 Å². The van der Waals surface area contributed by atoms with Crippen LogP contribution in [0.25, 0.3) is 0 Å². The van der Waals surface area contributed by atoms with Crippen LogP contribution >= 0.6 is 0 Å². The highest BCUT2D eigenvalue weighted by molar-refractivity contribution is 5.81. The van der Waals surface area contributed by atoms with E-state index in [1.165, 1.54) is 0 Å². The Morgan fingerprint density at radius 1 is 1.60 bits per heavy atom. The average molecular weight is 216 g/mol. The van der Waals surface area contributed by atoms with Crippen LogP contribution in [0.5, 0.6) is 0 Å². The summed E-state index contributed by atoms with van der Waals surface area (Å²) in [6, 6.07) is -0.248. The van der Waals surface area contributed by atoms with E-state index in [9.17, 15) is 4.79 Å². The first kappa shape index (κ1) is 14.1. The van der Waals surface area contributed by atoms with Gasteiger partial charge in [-0.2, -0.15) is 0 Å². The zero-order valence-electron chi connectivity index (χ0n) is 9.16. The number of amides is 1. The summed E-state index contributed by atoms with van der Waals surface area (Å²) in [5.74, 6) is -0.0583. The van der Waals surface area contributed by atoms with Gasteiger partial charge in [0.1, 0.15) is 0 Å². The molecule has 0 bridgehead atoms. The molecule has 0 aromatic carbocycles. The standard InChI is InChI=1S/C10H20N2O3/c1-3-4-12-10(14)9(2)11-5-7-15-8-6-13/h3,9,11,13H,1,4-8H2,2H3,(H,12,14). The number of hydrogen-bond donors (Lipinski definition) is 3. The third-order valence-electron chi connectivity index (χ3n) is 1.75. The van der Waals surface area contributed by atoms with Gasteiger partial charge in [0.05, 0.1) is 25.9 Å². The van der Waals surface area contributed by atoms with Crippen LogP contribution in [0.1, 0.15) is 6.92 Å². The maximum absolute atomic E-state index is 11.3. The van der Waals surface area contributed by atoms with E-state index in [1.54, 1.807) is 13.0 Å². The lowest BCUT2D eigenvalue weighted by atomic mass is 10.3. The summed E-state index contributed by atoms with van der Waals surface area (Å²) in [5, 5.41) is 14.1. The van der Waals surface area contributed by atoms with Crippen molar-refractivity contribution in [2.24, 2.45) is 0 Å². The van der Waals surface area contributed by atoms with E-state index >= 15 is 0 Å². The van der Waals surface area contributed by atoms with Gasteiger partial charge in [-0.25, -0.2) is 0 Å². The zero-order chi connectivity index (χ0) is 11.5. The maximum atomic E-state index is 11.3. The van der Waals surface area contributed by atoms with E-state index in [4.69, 9.17) is 9.84 Å². The molecule has 88 valence electrons. The molecule has 0 aliphatic rings. The van der Waals surface area contributed by atoms with Crippen LogP contribution in [-0.4, -0.2) is 50.0 Å². The Labute approximate surface area is 90.5 Å². The number of rotatable bonds is 9. The first-order valence-electron chi connectivity index (χ1n) is 5.03. The lowest BCUT2D eigenvalue weighted by molar-refractivity contribution is -0.122. The second-order valence-electron chi connectivity index (χ2n) is 3.05. The largest absolute Gasteiger partial charge is 0.394 e. The molecule has 1 amide bonds. The highest BCUT2D eigenvalue weighted by Crippen LogP contribution is 1.82. The van der Waals surface area contributed by atoms with Crippen molar-refractivity contribution < 1.29 is 14.6 Å². The summed E-state index contributed by atoms with van der Waals surface area (Å²) < 4.78 is 5.03. The number of aliphatic hydroxyl groups excluding tert-OH is 1. The minimum Gasteiger partial charge on any atom is -0.394 e. The molecule has 1 atom stereocenters. The van der Waals surface area contributed by atoms with Crippen LogP contribution in [0.4, 0.5) is 0 Å². The van der Waals surface area contributed by atoms with Gasteiger partial charge < -0.3 is 20.5 Å². The molecule has 5 nitrogen and oxygen atoms in total. The number of carbonyl (C=O) groups is 1. The molecule has 15 heavy (non-hydrogen) atoms. The lowest BCUT2D eigenvalue weighted by Crippen LogP contribution is -2.43. The van der Waals surface area contributed by atoms with E-state index in [2.05, 4.69) is 17.2 Å². The fourth-order valence-corrected chi connectivity index (χ4v) is 0.933. The van der Waals surface area contributed by atoms with Crippen molar-refractivity contribution in [1.29, 1.82) is 0 Å². The van der Waals surface area contributed by atoms with Crippen molar-refractivity contribution in [3.63, 3.8) is 0 Å². The van der Waals surface area contributed by atoms with Crippen LogP contribution in [0.15, 0.2) is 12.7 Å². The summed E-state index contributed by atoms with van der Waals surface area (Å²) in [7, 11) is 0. The first-order chi connectivity index (χ1) is 7.22. The van der Waals surface area contributed by atoms with Crippen LogP contribution < -0.4 is 10.6 Å². The quantitative estimate of drug-likeness (QED) is 0.351. The van der Waals surface area contributed by atoms with Gasteiger partial charge in [-0.1, -0.05) is 6.08 Å². The van der Waals surface area contributed by atoms with Crippen LogP contribution in [-0.2, 0) is 9.53 Å². The second-order valence-corrected chi connectivity index (χ2v) is 3.05. The van der Waals surface area contributed by atoms with E-state index in [-0.39, 0.29) is 18.6 Å². The van der Waals surface area contributed by atoms with E-state index in [0.29, 0.717) is 26.3 Å². The van der Waals surface area contributed by atoms with Crippen molar-refractivity contribution in [3.8, 4) is 0 Å². The molecular formula is C10H20N2O3. The van der Waals surface area contributed by atoms with Crippen molar-refractivity contribution >= 4 is 5.91 Å². The predicted molar refractivity (Wildman–Crippen MR) is 58.6 cm³/mol. The topological polar surface area (TPSA) is 70.6 Å². The molecule has 0 saturated carbocycles. The van der Waals surface area contributed by atoms with Crippen LogP contribution in [0, 0.1) is 0 Å². The molecule has 0 aliphatic heterocycles. The number of ether oxygens (including phenoxy) is 1. The summed E-state index contributed by atoms with van der Waals surface area (Å²) in [4.78, 5) is 11.3. The Morgan fingerprint density at radius 2 is 2.33 bits per heavy atom. The molecule has 0 aliphatic carbocycles. The number of aliphatic hydroxyl groups is 1. The molecule has 0 rings (SSSR count). The van der Waals surface area contributed by atoms with E-state index in [1.807, 2.05) is 0 Å². The van der Waals surface area contributed by atoms with Gasteiger partial charge in [0.2, 0.25) is 5.91 Å². The summed E-state index contributed by atoms with van der Waals surface area (Å²) in [6.07, 6.45) is 1.63. The third-order valence-corrected chi connectivity index (χ3v) is 1.75. The molecule has 1 unspecified atom stereocenters. The third kappa shape index (κ3) is 8.11. The lowest BCUT2D eigenvalue weighted by Gasteiger charge is -2.13. The highest BCUT2D eigenvalue weighted by Gasteiger charge is 2.09. The monoisotopic (exact) mass is 216 g/mol. The fourth-order valence-electron chi connectivity index (χ4n) is 0.933. The Bertz CT molecular complexity index is 186. The number of hydrogen-bond acceptors (Lipinski definition) is 4. The molecule has 0 spiro atoms. The van der Waals surface area contributed by atoms with Crippen molar-refractivity contribution in [3.05, 3.63) is 12.7 Å². The molecule has 0 aromatic rings. The molecular weight excluding hydrogens is 196 g/mol. The number of carbonyl (C=O) groups excluding carboxylic acids is 1. The Morgan fingerprint density at radius 3 is 2.93 bits per heavy atom. The van der Waals surface area contributed by atoms with E-state index < -0.39 is 0 Å². The SMILES string of the molecule is C=CCNC(=O)C(C)NCCOCCO. The smallest absolute Gasteiger partial charge is 0.237 e. The minimum atomic E-state index is -0.248. The predicted octanol–water partition coefficient (Wildman–Crippen LogP) is -0.724. The van der Waals surface area contributed by atoms with Gasteiger partial charge in [-0.3, -0.25) is 4.79 Å². The molecule has 0 aromatic heterocycles. The summed E-state index contributed by atoms with van der Waals surface area (Å²) in [5.41, 5.74) is 0. The maximum Gasteiger partial charge on any atom is 0.237 e. The van der Waals surface area contributed by atoms with Gasteiger partial charge in [0.25, 0.3) is 0 Å². The molecule has 0 fully saturated rings. The highest BCUT2D eigenvalue weighted by atomic mass is 16.5. The molecule has 3 N–H and O–H groups in total. The first-order valence-corrected chi connectivity index (χ1v) is 5.03. The molecule has 0 heterocycles. The molecule has 0 saturated heterocycles. The van der Waals surface area contributed by atoms with Gasteiger partial charge >= 0.3 is 0 Å². The average Bonchev–Trinajstić information content (AvgIpc) is 2.25. The van der Waals surface area contributed by atoms with Gasteiger partial charge in [0.15, 0.2) is 0 Å². The van der Waals surface area contributed by atoms with Crippen molar-refractivity contribution in [2.75, 3.05) is 32.9 Å². The summed E-state index contributed by atoms with van der Waals surface area (Å²) in [6.45, 7) is 7.20. The molecule has 5 heteroatoms. The summed E-state index contributed by atoms with van der Waals surface area (Å²) >= 11 is 0.